The molecule has 74 valence electrons. The first kappa shape index (κ1) is 8.87. The van der Waals surface area contributed by atoms with Gasteiger partial charge in [-0.05, 0) is 18.6 Å². The van der Waals surface area contributed by atoms with Gasteiger partial charge in [0.2, 0.25) is 0 Å². The lowest BCUT2D eigenvalue weighted by Crippen LogP contribution is -2.34. The van der Waals surface area contributed by atoms with E-state index in [-0.39, 0.29) is 5.91 Å². The highest BCUT2D eigenvalue weighted by Crippen LogP contribution is 2.27. The highest BCUT2D eigenvalue weighted by molar-refractivity contribution is 6.01. The van der Waals surface area contributed by atoms with Gasteiger partial charge in [0.05, 0.1) is 25.0 Å². The van der Waals surface area contributed by atoms with Gasteiger partial charge in [-0.1, -0.05) is 0 Å². The van der Waals surface area contributed by atoms with E-state index >= 15 is 0 Å². The second kappa shape index (κ2) is 3.21. The summed E-state index contributed by atoms with van der Waals surface area (Å²) in [4.78, 5) is 11.4. The second-order valence-corrected chi connectivity index (χ2v) is 3.23. The number of aryl methyl sites for hydroxylation is 1. The number of carbonyl (C=O) groups excluding carboxylic acids is 1. The van der Waals surface area contributed by atoms with Crippen LogP contribution in [0.1, 0.15) is 15.9 Å². The summed E-state index contributed by atoms with van der Waals surface area (Å²) in [6, 6.07) is 3.68. The van der Waals surface area contributed by atoms with Crippen LogP contribution in [0.4, 0.5) is 5.69 Å². The number of methoxy groups -OCH3 is 1. The standard InChI is InChI=1S/C10H12N2O2/c1-6-3-7-8(4-9(6)14-2)11-5-12-10(7)13/h3-4,11H,5H2,1-2H3,(H,12,13). The van der Waals surface area contributed by atoms with Gasteiger partial charge in [0, 0.05) is 6.07 Å². The number of anilines is 1. The van der Waals surface area contributed by atoms with Gasteiger partial charge in [0.1, 0.15) is 5.75 Å². The van der Waals surface area contributed by atoms with Crippen molar-refractivity contribution in [1.29, 1.82) is 0 Å². The van der Waals surface area contributed by atoms with Crippen LogP contribution in [0.25, 0.3) is 0 Å². The van der Waals surface area contributed by atoms with Crippen molar-refractivity contribution in [2.45, 2.75) is 6.92 Å². The molecule has 14 heavy (non-hydrogen) atoms. The molecule has 2 N–H and O–H groups in total. The lowest BCUT2D eigenvalue weighted by Gasteiger charge is -2.20. The van der Waals surface area contributed by atoms with Crippen LogP contribution in [0.3, 0.4) is 0 Å². The van der Waals surface area contributed by atoms with Gasteiger partial charge in [-0.3, -0.25) is 4.79 Å². The third-order valence-corrected chi connectivity index (χ3v) is 2.31. The molecule has 1 amide bonds. The number of hydrogen-bond donors (Lipinski definition) is 2. The van der Waals surface area contributed by atoms with E-state index in [1.165, 1.54) is 0 Å². The Bertz CT molecular complexity index is 388. The summed E-state index contributed by atoms with van der Waals surface area (Å²) in [6.07, 6.45) is 0. The summed E-state index contributed by atoms with van der Waals surface area (Å²) in [5.74, 6) is 0.760. The van der Waals surface area contributed by atoms with Gasteiger partial charge < -0.3 is 15.4 Å². The van der Waals surface area contributed by atoms with Crippen molar-refractivity contribution in [3.05, 3.63) is 23.3 Å². The molecule has 0 saturated carbocycles. The summed E-state index contributed by atoms with van der Waals surface area (Å²) in [5.41, 5.74) is 2.47. The van der Waals surface area contributed by atoms with E-state index in [2.05, 4.69) is 10.6 Å². The fourth-order valence-corrected chi connectivity index (χ4v) is 1.56. The van der Waals surface area contributed by atoms with Gasteiger partial charge >= 0.3 is 0 Å². The molecule has 4 heteroatoms. The van der Waals surface area contributed by atoms with Crippen LogP contribution in [0.5, 0.6) is 5.75 Å². The SMILES string of the molecule is COc1cc2c(cc1C)C(=O)NCN2. The molecule has 4 nitrogen and oxygen atoms in total. The molecule has 0 bridgehead atoms. The molecular formula is C10H12N2O2. The lowest BCUT2D eigenvalue weighted by molar-refractivity contribution is 0.0952. The minimum absolute atomic E-state index is 0.0375. The molecule has 0 unspecified atom stereocenters. The first-order valence-electron chi connectivity index (χ1n) is 4.43. The van der Waals surface area contributed by atoms with Gasteiger partial charge in [-0.25, -0.2) is 0 Å². The Balaban J connectivity index is 2.54. The maximum atomic E-state index is 11.4. The predicted octanol–water partition coefficient (Wildman–Crippen LogP) is 1.12. The molecule has 0 radical (unpaired) electrons. The zero-order chi connectivity index (χ0) is 10.1. The molecule has 1 heterocycles. The summed E-state index contributed by atoms with van der Waals surface area (Å²) in [7, 11) is 1.62. The van der Waals surface area contributed by atoms with Crippen LogP contribution in [-0.4, -0.2) is 19.7 Å². The summed E-state index contributed by atoms with van der Waals surface area (Å²) >= 11 is 0. The molecule has 1 aliphatic heterocycles. The molecule has 2 rings (SSSR count). The highest BCUT2D eigenvalue weighted by atomic mass is 16.5. The Kier molecular flexibility index (Phi) is 2.04. The number of hydrogen-bond acceptors (Lipinski definition) is 3. The fraction of sp³-hybridized carbons (Fsp3) is 0.300. The Morgan fingerprint density at radius 1 is 1.36 bits per heavy atom. The number of ether oxygens (including phenoxy) is 1. The van der Waals surface area contributed by atoms with Crippen LogP contribution < -0.4 is 15.4 Å². The van der Waals surface area contributed by atoms with E-state index in [1.54, 1.807) is 7.11 Å². The zero-order valence-electron chi connectivity index (χ0n) is 8.18. The Morgan fingerprint density at radius 2 is 2.14 bits per heavy atom. The van der Waals surface area contributed by atoms with E-state index in [0.29, 0.717) is 12.2 Å². The largest absolute Gasteiger partial charge is 0.496 e. The van der Waals surface area contributed by atoms with E-state index in [1.807, 2.05) is 19.1 Å². The van der Waals surface area contributed by atoms with Crippen molar-refractivity contribution in [1.82, 2.24) is 5.32 Å². The number of carbonyl (C=O) groups is 1. The normalized spacial score (nSPS) is 14.0. The van der Waals surface area contributed by atoms with E-state index in [0.717, 1.165) is 17.0 Å². The van der Waals surface area contributed by atoms with Crippen molar-refractivity contribution < 1.29 is 9.53 Å². The molecule has 1 aromatic carbocycles. The average Bonchev–Trinajstić information content (AvgIpc) is 2.19. The fourth-order valence-electron chi connectivity index (χ4n) is 1.56. The number of fused-ring (bicyclic) bond motifs is 1. The number of benzene rings is 1. The van der Waals surface area contributed by atoms with Crippen molar-refractivity contribution in [2.75, 3.05) is 19.1 Å². The van der Waals surface area contributed by atoms with Crippen molar-refractivity contribution >= 4 is 11.6 Å². The Morgan fingerprint density at radius 3 is 2.86 bits per heavy atom. The molecule has 0 spiro atoms. The average molecular weight is 192 g/mol. The molecule has 0 saturated heterocycles. The van der Waals surface area contributed by atoms with E-state index in [4.69, 9.17) is 4.74 Å². The minimum atomic E-state index is -0.0375. The molecule has 1 aromatic rings. The Labute approximate surface area is 82.3 Å². The maximum absolute atomic E-state index is 11.4. The monoisotopic (exact) mass is 192 g/mol. The summed E-state index contributed by atoms with van der Waals surface area (Å²) in [6.45, 7) is 2.39. The third kappa shape index (κ3) is 1.28. The number of nitrogens with one attached hydrogen (secondary N) is 2. The zero-order valence-corrected chi connectivity index (χ0v) is 8.18. The van der Waals surface area contributed by atoms with Gasteiger partial charge in [0.15, 0.2) is 0 Å². The lowest BCUT2D eigenvalue weighted by atomic mass is 10.1. The van der Waals surface area contributed by atoms with Gasteiger partial charge in [-0.15, -0.1) is 0 Å². The van der Waals surface area contributed by atoms with E-state index < -0.39 is 0 Å². The predicted molar refractivity (Wildman–Crippen MR) is 53.7 cm³/mol. The van der Waals surface area contributed by atoms with Gasteiger partial charge in [-0.2, -0.15) is 0 Å². The number of amides is 1. The molecule has 0 aliphatic carbocycles. The summed E-state index contributed by atoms with van der Waals surface area (Å²) < 4.78 is 5.17. The van der Waals surface area contributed by atoms with Crippen LogP contribution >= 0.6 is 0 Å². The topological polar surface area (TPSA) is 50.4 Å². The Hall–Kier alpha value is -1.71. The second-order valence-electron chi connectivity index (χ2n) is 3.23. The van der Waals surface area contributed by atoms with Gasteiger partial charge in [0.25, 0.3) is 5.91 Å². The third-order valence-electron chi connectivity index (χ3n) is 2.31. The van der Waals surface area contributed by atoms with E-state index in [9.17, 15) is 4.79 Å². The van der Waals surface area contributed by atoms with Crippen molar-refractivity contribution in [3.8, 4) is 5.75 Å². The van der Waals surface area contributed by atoms with Crippen LogP contribution in [0.15, 0.2) is 12.1 Å². The van der Waals surface area contributed by atoms with Crippen LogP contribution in [-0.2, 0) is 0 Å². The molecule has 0 fully saturated rings. The van der Waals surface area contributed by atoms with Crippen molar-refractivity contribution in [3.63, 3.8) is 0 Å². The van der Waals surface area contributed by atoms with Crippen LogP contribution in [0, 0.1) is 6.92 Å². The molecule has 0 atom stereocenters. The minimum Gasteiger partial charge on any atom is -0.496 e. The smallest absolute Gasteiger partial charge is 0.254 e. The number of rotatable bonds is 1. The first-order chi connectivity index (χ1) is 6.72. The van der Waals surface area contributed by atoms with Crippen LogP contribution in [0.2, 0.25) is 0 Å². The summed E-state index contributed by atoms with van der Waals surface area (Å²) in [5, 5.41) is 5.80. The highest BCUT2D eigenvalue weighted by Gasteiger charge is 2.17. The first-order valence-corrected chi connectivity index (χ1v) is 4.43. The maximum Gasteiger partial charge on any atom is 0.254 e. The molecule has 0 aromatic heterocycles. The molecule has 1 aliphatic rings. The van der Waals surface area contributed by atoms with Crippen molar-refractivity contribution in [2.24, 2.45) is 0 Å². The quantitative estimate of drug-likeness (QED) is 0.701. The molecular weight excluding hydrogens is 180 g/mol.